The fraction of sp³-hybridized carbons (Fsp3) is 0.600. The van der Waals surface area contributed by atoms with E-state index in [1.807, 2.05) is 25.7 Å². The predicted octanol–water partition coefficient (Wildman–Crippen LogP) is 2.19. The van der Waals surface area contributed by atoms with Gasteiger partial charge in [0.15, 0.2) is 0 Å². The summed E-state index contributed by atoms with van der Waals surface area (Å²) >= 11 is 0. The minimum absolute atomic E-state index is 0.0602. The van der Waals surface area contributed by atoms with Gasteiger partial charge in [0.1, 0.15) is 0 Å². The van der Waals surface area contributed by atoms with Crippen molar-refractivity contribution in [2.45, 2.75) is 53.2 Å². The van der Waals surface area contributed by atoms with E-state index in [1.165, 1.54) is 11.1 Å². The number of carbonyl (C=O) groups is 2. The van der Waals surface area contributed by atoms with Gasteiger partial charge in [-0.3, -0.25) is 9.59 Å². The van der Waals surface area contributed by atoms with Gasteiger partial charge in [0.25, 0.3) is 0 Å². The summed E-state index contributed by atoms with van der Waals surface area (Å²) in [6.07, 6.45) is 1.75. The number of rotatable bonds is 3. The SMILES string of the molecule is CC(C)(C)C(=O)N1CCCC(C(=O)NCc2ccc3c(c2)CNC3)C1. The Morgan fingerprint density at radius 3 is 2.76 bits per heavy atom. The standard InChI is InChI=1S/C20H29N3O2/c1-20(2,3)19(25)23-8-4-5-16(13-23)18(24)22-10-14-6-7-15-11-21-12-17(15)9-14/h6-7,9,16,21H,4-5,8,10-13H2,1-3H3,(H,22,24). The summed E-state index contributed by atoms with van der Waals surface area (Å²) in [6, 6.07) is 6.40. The zero-order chi connectivity index (χ0) is 18.0. The van der Waals surface area contributed by atoms with Crippen LogP contribution in [-0.2, 0) is 29.2 Å². The highest BCUT2D eigenvalue weighted by Crippen LogP contribution is 2.24. The van der Waals surface area contributed by atoms with Crippen LogP contribution in [0.2, 0.25) is 0 Å². The molecule has 1 unspecified atom stereocenters. The molecule has 0 radical (unpaired) electrons. The number of carbonyl (C=O) groups excluding carboxylic acids is 2. The lowest BCUT2D eigenvalue weighted by Gasteiger charge is -2.35. The Morgan fingerprint density at radius 2 is 2.00 bits per heavy atom. The van der Waals surface area contributed by atoms with E-state index in [4.69, 9.17) is 0 Å². The molecule has 2 heterocycles. The highest BCUT2D eigenvalue weighted by Gasteiger charge is 2.33. The number of nitrogens with zero attached hydrogens (tertiary/aromatic N) is 1. The van der Waals surface area contributed by atoms with Gasteiger partial charge < -0.3 is 15.5 Å². The van der Waals surface area contributed by atoms with E-state index in [9.17, 15) is 9.59 Å². The zero-order valence-electron chi connectivity index (χ0n) is 15.5. The van der Waals surface area contributed by atoms with Crippen molar-refractivity contribution in [3.63, 3.8) is 0 Å². The summed E-state index contributed by atoms with van der Waals surface area (Å²) in [5, 5.41) is 6.39. The van der Waals surface area contributed by atoms with Crippen molar-refractivity contribution in [2.75, 3.05) is 13.1 Å². The quantitative estimate of drug-likeness (QED) is 0.884. The summed E-state index contributed by atoms with van der Waals surface area (Å²) < 4.78 is 0. The molecule has 2 amide bonds. The molecule has 0 aliphatic carbocycles. The van der Waals surface area contributed by atoms with E-state index in [2.05, 4.69) is 28.8 Å². The maximum Gasteiger partial charge on any atom is 0.227 e. The van der Waals surface area contributed by atoms with Crippen molar-refractivity contribution in [3.8, 4) is 0 Å². The third kappa shape index (κ3) is 4.21. The molecule has 1 atom stereocenters. The number of nitrogens with one attached hydrogen (secondary N) is 2. The first kappa shape index (κ1) is 17.9. The molecule has 136 valence electrons. The maximum atomic E-state index is 12.6. The summed E-state index contributed by atoms with van der Waals surface area (Å²) in [4.78, 5) is 26.9. The first-order valence-electron chi connectivity index (χ1n) is 9.23. The Labute approximate surface area is 150 Å². The normalized spacial score (nSPS) is 20.3. The van der Waals surface area contributed by atoms with Gasteiger partial charge in [0.05, 0.1) is 5.92 Å². The second-order valence-corrected chi connectivity index (χ2v) is 8.26. The third-order valence-corrected chi connectivity index (χ3v) is 5.09. The van der Waals surface area contributed by atoms with Crippen LogP contribution in [0, 0.1) is 11.3 Å². The molecule has 1 aromatic rings. The molecular weight excluding hydrogens is 314 g/mol. The van der Waals surface area contributed by atoms with Crippen LogP contribution >= 0.6 is 0 Å². The Hall–Kier alpha value is -1.88. The van der Waals surface area contributed by atoms with Gasteiger partial charge >= 0.3 is 0 Å². The predicted molar refractivity (Wildman–Crippen MR) is 97.6 cm³/mol. The smallest absolute Gasteiger partial charge is 0.227 e. The number of benzene rings is 1. The summed E-state index contributed by atoms with van der Waals surface area (Å²) in [5.41, 5.74) is 3.41. The average molecular weight is 343 g/mol. The van der Waals surface area contributed by atoms with Crippen molar-refractivity contribution in [2.24, 2.45) is 11.3 Å². The van der Waals surface area contributed by atoms with E-state index in [0.717, 1.165) is 38.0 Å². The van der Waals surface area contributed by atoms with Gasteiger partial charge in [-0.15, -0.1) is 0 Å². The van der Waals surface area contributed by atoms with Crippen LogP contribution in [0.4, 0.5) is 0 Å². The van der Waals surface area contributed by atoms with Crippen molar-refractivity contribution in [1.29, 1.82) is 0 Å². The van der Waals surface area contributed by atoms with Gasteiger partial charge in [0.2, 0.25) is 11.8 Å². The molecule has 2 aliphatic heterocycles. The minimum atomic E-state index is -0.392. The lowest BCUT2D eigenvalue weighted by molar-refractivity contribution is -0.142. The molecule has 0 bridgehead atoms. The summed E-state index contributed by atoms with van der Waals surface area (Å²) in [5.74, 6) is 0.0947. The van der Waals surface area contributed by atoms with Gasteiger partial charge in [-0.25, -0.2) is 0 Å². The van der Waals surface area contributed by atoms with Crippen molar-refractivity contribution in [1.82, 2.24) is 15.5 Å². The number of likely N-dealkylation sites (tertiary alicyclic amines) is 1. The van der Waals surface area contributed by atoms with Crippen molar-refractivity contribution < 1.29 is 9.59 Å². The highest BCUT2D eigenvalue weighted by atomic mass is 16.2. The summed E-state index contributed by atoms with van der Waals surface area (Å²) in [7, 11) is 0. The molecule has 0 saturated carbocycles. The maximum absolute atomic E-state index is 12.6. The van der Waals surface area contributed by atoms with Crippen molar-refractivity contribution >= 4 is 11.8 Å². The summed E-state index contributed by atoms with van der Waals surface area (Å²) in [6.45, 7) is 9.49. The molecule has 2 aliphatic rings. The van der Waals surface area contributed by atoms with E-state index >= 15 is 0 Å². The third-order valence-electron chi connectivity index (χ3n) is 5.09. The molecule has 3 rings (SSSR count). The first-order chi connectivity index (χ1) is 11.8. The topological polar surface area (TPSA) is 61.4 Å². The lowest BCUT2D eigenvalue weighted by Crippen LogP contribution is -2.48. The Bertz CT molecular complexity index is 663. The van der Waals surface area contributed by atoms with E-state index in [1.54, 1.807) is 0 Å². The number of fused-ring (bicyclic) bond motifs is 1. The molecule has 2 N–H and O–H groups in total. The van der Waals surface area contributed by atoms with Crippen LogP contribution < -0.4 is 10.6 Å². The van der Waals surface area contributed by atoms with E-state index < -0.39 is 5.41 Å². The Morgan fingerprint density at radius 1 is 1.24 bits per heavy atom. The van der Waals surface area contributed by atoms with Crippen LogP contribution in [0.25, 0.3) is 0 Å². The van der Waals surface area contributed by atoms with Crippen molar-refractivity contribution in [3.05, 3.63) is 34.9 Å². The van der Waals surface area contributed by atoms with Crippen LogP contribution in [0.15, 0.2) is 18.2 Å². The van der Waals surface area contributed by atoms with Crippen LogP contribution in [0.3, 0.4) is 0 Å². The Kier molecular flexibility index (Phi) is 5.13. The largest absolute Gasteiger partial charge is 0.352 e. The average Bonchev–Trinajstić information content (AvgIpc) is 3.06. The van der Waals surface area contributed by atoms with Crippen LogP contribution in [0.1, 0.15) is 50.3 Å². The highest BCUT2D eigenvalue weighted by molar-refractivity contribution is 5.83. The van der Waals surface area contributed by atoms with Gasteiger partial charge in [0, 0.05) is 38.1 Å². The number of amides is 2. The molecular formula is C20H29N3O2. The zero-order valence-corrected chi connectivity index (χ0v) is 15.5. The van der Waals surface area contributed by atoms with Crippen LogP contribution in [-0.4, -0.2) is 29.8 Å². The molecule has 5 nitrogen and oxygen atoms in total. The molecule has 25 heavy (non-hydrogen) atoms. The second kappa shape index (κ2) is 7.16. The minimum Gasteiger partial charge on any atom is -0.352 e. The lowest BCUT2D eigenvalue weighted by atomic mass is 9.91. The molecule has 0 aromatic heterocycles. The number of hydrogen-bond donors (Lipinski definition) is 2. The molecule has 1 saturated heterocycles. The molecule has 1 fully saturated rings. The number of piperidine rings is 1. The van der Waals surface area contributed by atoms with Gasteiger partial charge in [-0.2, -0.15) is 0 Å². The molecule has 0 spiro atoms. The molecule has 5 heteroatoms. The second-order valence-electron chi connectivity index (χ2n) is 8.26. The van der Waals surface area contributed by atoms with Gasteiger partial charge in [-0.05, 0) is 29.5 Å². The fourth-order valence-corrected chi connectivity index (χ4v) is 3.64. The first-order valence-corrected chi connectivity index (χ1v) is 9.23. The van der Waals surface area contributed by atoms with Crippen LogP contribution in [0.5, 0.6) is 0 Å². The monoisotopic (exact) mass is 343 g/mol. The number of hydrogen-bond acceptors (Lipinski definition) is 3. The van der Waals surface area contributed by atoms with Gasteiger partial charge in [-0.1, -0.05) is 39.0 Å². The van der Waals surface area contributed by atoms with E-state index in [-0.39, 0.29) is 17.7 Å². The fourth-order valence-electron chi connectivity index (χ4n) is 3.64. The van der Waals surface area contributed by atoms with E-state index in [0.29, 0.717) is 13.1 Å². The Balaban J connectivity index is 1.55. The molecule has 1 aromatic carbocycles.